The fourth-order valence-corrected chi connectivity index (χ4v) is 4.33. The summed E-state index contributed by atoms with van der Waals surface area (Å²) in [5, 5.41) is 3.60. The van der Waals surface area contributed by atoms with Crippen molar-refractivity contribution in [3.05, 3.63) is 58.9 Å². The Morgan fingerprint density at radius 1 is 1.16 bits per heavy atom. The molecule has 0 fully saturated rings. The molecule has 1 aromatic carbocycles. The van der Waals surface area contributed by atoms with Gasteiger partial charge in [-0.2, -0.15) is 0 Å². The fraction of sp³-hybridized carbons (Fsp3) is 0.476. The number of pyridine rings is 1. The van der Waals surface area contributed by atoms with Gasteiger partial charge in [0.1, 0.15) is 0 Å². The van der Waals surface area contributed by atoms with Gasteiger partial charge < -0.3 is 5.32 Å². The third-order valence-electron chi connectivity index (χ3n) is 5.42. The number of fused-ring (bicyclic) bond motifs is 2. The van der Waals surface area contributed by atoms with Gasteiger partial charge in [-0.25, -0.2) is 0 Å². The number of aromatic nitrogens is 1. The van der Waals surface area contributed by atoms with E-state index >= 15 is 0 Å². The van der Waals surface area contributed by atoms with Crippen LogP contribution in [0.3, 0.4) is 0 Å². The Hall–Kier alpha value is -1.58. The van der Waals surface area contributed by atoms with Crippen LogP contribution >= 0.6 is 12.4 Å². The van der Waals surface area contributed by atoms with E-state index in [1.54, 1.807) is 0 Å². The van der Waals surface area contributed by atoms with E-state index in [1.807, 2.05) is 6.20 Å². The summed E-state index contributed by atoms with van der Waals surface area (Å²) in [7, 11) is 0. The highest BCUT2D eigenvalue weighted by atomic mass is 35.5. The smallest absolute Gasteiger partial charge is 0.0607 e. The van der Waals surface area contributed by atoms with Crippen LogP contribution in [-0.2, 0) is 19.4 Å². The predicted octanol–water partition coefficient (Wildman–Crippen LogP) is 4.76. The zero-order valence-corrected chi connectivity index (χ0v) is 15.8. The number of rotatable bonds is 5. The molecule has 1 N–H and O–H groups in total. The maximum atomic E-state index is 4.76. The van der Waals surface area contributed by atoms with Gasteiger partial charge >= 0.3 is 0 Å². The molecule has 0 amide bonds. The SMILES string of the molecule is CCCN(Cc1cccc2c1NCC2)C1CCCc2cccnc21.Cl. The Balaban J connectivity index is 0.00000182. The summed E-state index contributed by atoms with van der Waals surface area (Å²) in [5.41, 5.74) is 7.08. The van der Waals surface area contributed by atoms with Gasteiger partial charge in [-0.3, -0.25) is 9.88 Å². The highest BCUT2D eigenvalue weighted by Gasteiger charge is 2.27. The lowest BCUT2D eigenvalue weighted by Gasteiger charge is -2.35. The van der Waals surface area contributed by atoms with Crippen molar-refractivity contribution in [2.24, 2.45) is 0 Å². The molecule has 134 valence electrons. The molecule has 4 rings (SSSR count). The molecule has 4 heteroatoms. The first-order chi connectivity index (χ1) is 11.9. The van der Waals surface area contributed by atoms with Crippen molar-refractivity contribution in [1.82, 2.24) is 9.88 Å². The second-order valence-electron chi connectivity index (χ2n) is 7.05. The molecule has 1 aliphatic carbocycles. The lowest BCUT2D eigenvalue weighted by Crippen LogP contribution is -2.32. The zero-order valence-electron chi connectivity index (χ0n) is 15.0. The lowest BCUT2D eigenvalue weighted by atomic mass is 9.90. The fourth-order valence-electron chi connectivity index (χ4n) is 4.33. The molecule has 3 nitrogen and oxygen atoms in total. The molecule has 2 aliphatic rings. The van der Waals surface area contributed by atoms with Crippen molar-refractivity contribution in [3.63, 3.8) is 0 Å². The Kier molecular flexibility index (Phi) is 5.98. The molecule has 1 aromatic heterocycles. The number of nitrogens with one attached hydrogen (secondary N) is 1. The third kappa shape index (κ3) is 3.68. The van der Waals surface area contributed by atoms with E-state index < -0.39 is 0 Å². The summed E-state index contributed by atoms with van der Waals surface area (Å²) in [6.45, 7) is 5.51. The molecule has 2 aromatic rings. The standard InChI is InChI=1S/C21H27N3.ClH/c1-2-14-24(15-18-8-3-6-17-11-13-23-20(17)18)19-10-4-7-16-9-5-12-22-21(16)19;/h3,5-6,8-9,12,19,23H,2,4,7,10-11,13-15H2,1H3;1H. The highest BCUT2D eigenvalue weighted by molar-refractivity contribution is 5.85. The lowest BCUT2D eigenvalue weighted by molar-refractivity contribution is 0.166. The monoisotopic (exact) mass is 357 g/mol. The van der Waals surface area contributed by atoms with E-state index in [4.69, 9.17) is 4.98 Å². The van der Waals surface area contributed by atoms with Crippen molar-refractivity contribution in [1.29, 1.82) is 0 Å². The average Bonchev–Trinajstić information content (AvgIpc) is 3.11. The summed E-state index contributed by atoms with van der Waals surface area (Å²) < 4.78 is 0. The minimum Gasteiger partial charge on any atom is -0.384 e. The van der Waals surface area contributed by atoms with Crippen molar-refractivity contribution in [3.8, 4) is 0 Å². The van der Waals surface area contributed by atoms with Gasteiger partial charge in [0.15, 0.2) is 0 Å². The second kappa shape index (κ2) is 8.20. The summed E-state index contributed by atoms with van der Waals surface area (Å²) in [4.78, 5) is 7.41. The first-order valence-corrected chi connectivity index (χ1v) is 9.39. The van der Waals surface area contributed by atoms with Crippen LogP contribution < -0.4 is 5.32 Å². The molecule has 0 spiro atoms. The van der Waals surface area contributed by atoms with Gasteiger partial charge in [-0.1, -0.05) is 31.2 Å². The van der Waals surface area contributed by atoms with E-state index in [1.165, 1.54) is 53.8 Å². The van der Waals surface area contributed by atoms with E-state index in [-0.39, 0.29) is 12.4 Å². The molecule has 2 heterocycles. The molecule has 25 heavy (non-hydrogen) atoms. The molecule has 0 bridgehead atoms. The molecular weight excluding hydrogens is 330 g/mol. The number of hydrogen-bond acceptors (Lipinski definition) is 3. The van der Waals surface area contributed by atoms with E-state index in [0.717, 1.165) is 26.1 Å². The maximum absolute atomic E-state index is 4.76. The maximum Gasteiger partial charge on any atom is 0.0607 e. The van der Waals surface area contributed by atoms with Crippen LogP contribution in [0.4, 0.5) is 5.69 Å². The van der Waals surface area contributed by atoms with E-state index in [9.17, 15) is 0 Å². The summed E-state index contributed by atoms with van der Waals surface area (Å²) >= 11 is 0. The van der Waals surface area contributed by atoms with Crippen LogP contribution in [0.2, 0.25) is 0 Å². The summed E-state index contributed by atoms with van der Waals surface area (Å²) in [6, 6.07) is 11.6. The third-order valence-corrected chi connectivity index (χ3v) is 5.42. The van der Waals surface area contributed by atoms with Crippen LogP contribution in [0.15, 0.2) is 36.5 Å². The quantitative estimate of drug-likeness (QED) is 0.836. The van der Waals surface area contributed by atoms with Gasteiger partial charge in [0.05, 0.1) is 11.7 Å². The number of anilines is 1. The number of para-hydroxylation sites is 1. The minimum atomic E-state index is 0. The molecule has 0 saturated carbocycles. The molecule has 1 atom stereocenters. The number of benzene rings is 1. The van der Waals surface area contributed by atoms with Gasteiger partial charge in [0.25, 0.3) is 0 Å². The number of aryl methyl sites for hydroxylation is 1. The number of nitrogens with zero attached hydrogens (tertiary/aromatic N) is 2. The molecule has 0 radical (unpaired) electrons. The van der Waals surface area contributed by atoms with Gasteiger partial charge in [0.2, 0.25) is 0 Å². The topological polar surface area (TPSA) is 28.2 Å². The van der Waals surface area contributed by atoms with Crippen LogP contribution in [0.5, 0.6) is 0 Å². The molecule has 1 unspecified atom stereocenters. The van der Waals surface area contributed by atoms with Crippen molar-refractivity contribution in [2.75, 3.05) is 18.4 Å². The highest BCUT2D eigenvalue weighted by Crippen LogP contribution is 2.35. The molecular formula is C21H28ClN3. The normalized spacial score (nSPS) is 18.2. The predicted molar refractivity (Wildman–Crippen MR) is 107 cm³/mol. The van der Waals surface area contributed by atoms with Gasteiger partial charge in [0, 0.05) is 25.0 Å². The first-order valence-electron chi connectivity index (χ1n) is 9.39. The van der Waals surface area contributed by atoms with Crippen LogP contribution in [0.25, 0.3) is 0 Å². The van der Waals surface area contributed by atoms with Crippen LogP contribution in [0, 0.1) is 0 Å². The number of halogens is 1. The Morgan fingerprint density at radius 3 is 2.92 bits per heavy atom. The van der Waals surface area contributed by atoms with Crippen molar-refractivity contribution in [2.45, 2.75) is 51.6 Å². The summed E-state index contributed by atoms with van der Waals surface area (Å²) in [6.07, 6.45) is 7.98. The summed E-state index contributed by atoms with van der Waals surface area (Å²) in [5.74, 6) is 0. The van der Waals surface area contributed by atoms with Crippen LogP contribution in [-0.4, -0.2) is 23.0 Å². The molecule has 1 aliphatic heterocycles. The Morgan fingerprint density at radius 2 is 2.04 bits per heavy atom. The average molecular weight is 358 g/mol. The largest absolute Gasteiger partial charge is 0.384 e. The second-order valence-corrected chi connectivity index (χ2v) is 7.05. The van der Waals surface area contributed by atoms with Gasteiger partial charge in [-0.05, 0) is 61.4 Å². The number of hydrogen-bond donors (Lipinski definition) is 1. The van der Waals surface area contributed by atoms with Gasteiger partial charge in [-0.15, -0.1) is 12.4 Å². The van der Waals surface area contributed by atoms with Crippen LogP contribution in [0.1, 0.15) is 54.6 Å². The zero-order chi connectivity index (χ0) is 16.4. The van der Waals surface area contributed by atoms with E-state index in [2.05, 4.69) is 47.5 Å². The van der Waals surface area contributed by atoms with Crippen molar-refractivity contribution >= 4 is 18.1 Å². The Bertz CT molecular complexity index is 716. The van der Waals surface area contributed by atoms with E-state index in [0.29, 0.717) is 6.04 Å². The minimum absolute atomic E-state index is 0. The first kappa shape index (κ1) is 18.2. The van der Waals surface area contributed by atoms with Crippen molar-refractivity contribution < 1.29 is 0 Å². The molecule has 0 saturated heterocycles. The Labute approximate surface area is 157 Å².